The lowest BCUT2D eigenvalue weighted by atomic mass is 10.1. The summed E-state index contributed by atoms with van der Waals surface area (Å²) in [4.78, 5) is 13.4. The maximum atomic E-state index is 12.5. The van der Waals surface area contributed by atoms with Crippen molar-refractivity contribution in [2.45, 2.75) is 12.6 Å². The number of aromatic nitrogens is 1. The molecule has 0 N–H and O–H groups in total. The fourth-order valence-electron chi connectivity index (χ4n) is 1.13. The Kier molecular flexibility index (Phi) is 3.41. The minimum atomic E-state index is -5.01. The van der Waals surface area contributed by atoms with Crippen molar-refractivity contribution in [2.24, 2.45) is 0 Å². The molecule has 90 valence electrons. The minimum absolute atomic E-state index is 0.0647. The van der Waals surface area contributed by atoms with Crippen LogP contribution < -0.4 is 0 Å². The molecule has 0 fully saturated rings. The standard InChI is InChI=1S/C9H3F5N2O/c10-8(11)6-1-5(9(12,13)14)4(3-17)7(2-15)16-6/h1,3,8H. The first-order chi connectivity index (χ1) is 7.81. The Morgan fingerprint density at radius 1 is 1.41 bits per heavy atom. The Hall–Kier alpha value is -2.04. The third kappa shape index (κ3) is 2.55. The molecule has 0 saturated carbocycles. The highest BCUT2D eigenvalue weighted by atomic mass is 19.4. The van der Waals surface area contributed by atoms with Crippen molar-refractivity contribution in [1.82, 2.24) is 4.98 Å². The number of rotatable bonds is 2. The van der Waals surface area contributed by atoms with Crippen LogP contribution in [0.4, 0.5) is 22.0 Å². The predicted octanol–water partition coefficient (Wildman–Crippen LogP) is 2.72. The van der Waals surface area contributed by atoms with Crippen molar-refractivity contribution >= 4 is 6.29 Å². The summed E-state index contributed by atoms with van der Waals surface area (Å²) in [5.41, 5.74) is -4.79. The van der Waals surface area contributed by atoms with Crippen molar-refractivity contribution in [3.63, 3.8) is 0 Å². The van der Waals surface area contributed by atoms with Gasteiger partial charge in [-0.05, 0) is 6.07 Å². The van der Waals surface area contributed by atoms with Crippen LogP contribution in [0.2, 0.25) is 0 Å². The van der Waals surface area contributed by atoms with Crippen molar-refractivity contribution < 1.29 is 26.7 Å². The average Bonchev–Trinajstić information content (AvgIpc) is 2.25. The molecule has 0 saturated heterocycles. The van der Waals surface area contributed by atoms with Gasteiger partial charge >= 0.3 is 6.18 Å². The van der Waals surface area contributed by atoms with E-state index in [1.54, 1.807) is 0 Å². The number of nitrogens with zero attached hydrogens (tertiary/aromatic N) is 2. The van der Waals surface area contributed by atoms with Gasteiger partial charge in [0, 0.05) is 0 Å². The predicted molar refractivity (Wildman–Crippen MR) is 44.3 cm³/mol. The average molecular weight is 250 g/mol. The number of nitriles is 1. The van der Waals surface area contributed by atoms with Gasteiger partial charge < -0.3 is 0 Å². The third-order valence-corrected chi connectivity index (χ3v) is 1.83. The monoisotopic (exact) mass is 250 g/mol. The van der Waals surface area contributed by atoms with Crippen LogP contribution in [-0.2, 0) is 6.18 Å². The van der Waals surface area contributed by atoms with E-state index in [1.807, 2.05) is 0 Å². The second kappa shape index (κ2) is 4.45. The normalized spacial score (nSPS) is 11.4. The Labute approximate surface area is 91.5 Å². The van der Waals surface area contributed by atoms with Gasteiger partial charge in [0.05, 0.1) is 11.1 Å². The Morgan fingerprint density at radius 3 is 2.35 bits per heavy atom. The van der Waals surface area contributed by atoms with Gasteiger partial charge in [0.25, 0.3) is 6.43 Å². The maximum absolute atomic E-state index is 12.5. The highest BCUT2D eigenvalue weighted by molar-refractivity contribution is 5.81. The Bertz CT molecular complexity index is 489. The highest BCUT2D eigenvalue weighted by Crippen LogP contribution is 2.34. The van der Waals surface area contributed by atoms with Crippen LogP contribution in [0.3, 0.4) is 0 Å². The van der Waals surface area contributed by atoms with Crippen LogP contribution in [0.1, 0.15) is 33.7 Å². The summed E-state index contributed by atoms with van der Waals surface area (Å²) in [6.07, 6.45) is -8.50. The molecular weight excluding hydrogens is 247 g/mol. The zero-order valence-electron chi connectivity index (χ0n) is 7.92. The van der Waals surface area contributed by atoms with E-state index < -0.39 is 35.1 Å². The van der Waals surface area contributed by atoms with Gasteiger partial charge in [-0.25, -0.2) is 13.8 Å². The molecule has 1 heterocycles. The second-order valence-electron chi connectivity index (χ2n) is 2.89. The van der Waals surface area contributed by atoms with E-state index >= 15 is 0 Å². The molecule has 0 radical (unpaired) electrons. The maximum Gasteiger partial charge on any atom is 0.417 e. The summed E-state index contributed by atoms with van der Waals surface area (Å²) in [7, 11) is 0. The van der Waals surface area contributed by atoms with E-state index in [2.05, 4.69) is 4.98 Å². The van der Waals surface area contributed by atoms with Crippen LogP contribution in [-0.4, -0.2) is 11.3 Å². The Morgan fingerprint density at radius 2 is 2.00 bits per heavy atom. The Balaban J connectivity index is 3.61. The van der Waals surface area contributed by atoms with Crippen molar-refractivity contribution in [3.05, 3.63) is 28.6 Å². The van der Waals surface area contributed by atoms with E-state index in [9.17, 15) is 26.7 Å². The first kappa shape index (κ1) is 13.0. The summed E-state index contributed by atoms with van der Waals surface area (Å²) < 4.78 is 61.9. The molecule has 8 heteroatoms. The number of carbonyl (C=O) groups excluding carboxylic acids is 1. The molecule has 3 nitrogen and oxygen atoms in total. The molecule has 0 aliphatic rings. The van der Waals surface area contributed by atoms with E-state index in [0.29, 0.717) is 0 Å². The van der Waals surface area contributed by atoms with E-state index in [0.717, 1.165) is 0 Å². The number of alkyl halides is 5. The molecule has 0 aliphatic heterocycles. The molecule has 0 aromatic carbocycles. The second-order valence-corrected chi connectivity index (χ2v) is 2.89. The van der Waals surface area contributed by atoms with Crippen molar-refractivity contribution in [2.75, 3.05) is 0 Å². The van der Waals surface area contributed by atoms with Gasteiger partial charge in [0.15, 0.2) is 12.0 Å². The topological polar surface area (TPSA) is 53.8 Å². The summed E-state index contributed by atoms with van der Waals surface area (Å²) in [5, 5.41) is 8.46. The summed E-state index contributed by atoms with van der Waals surface area (Å²) in [6, 6.07) is 1.24. The molecule has 1 rings (SSSR count). The van der Waals surface area contributed by atoms with Gasteiger partial charge in [-0.15, -0.1) is 0 Å². The van der Waals surface area contributed by atoms with Crippen molar-refractivity contribution in [1.29, 1.82) is 5.26 Å². The first-order valence-corrected chi connectivity index (χ1v) is 4.06. The molecule has 0 aliphatic carbocycles. The lowest BCUT2D eigenvalue weighted by Gasteiger charge is -2.11. The van der Waals surface area contributed by atoms with Gasteiger partial charge in [-0.1, -0.05) is 0 Å². The molecule has 1 aromatic heterocycles. The fraction of sp³-hybridized carbons (Fsp3) is 0.222. The lowest BCUT2D eigenvalue weighted by Crippen LogP contribution is -2.13. The van der Waals surface area contributed by atoms with Gasteiger partial charge in [0.1, 0.15) is 11.8 Å². The molecular formula is C9H3F5N2O. The fourth-order valence-corrected chi connectivity index (χ4v) is 1.13. The first-order valence-electron chi connectivity index (χ1n) is 4.06. The van der Waals surface area contributed by atoms with Crippen LogP contribution in [0.25, 0.3) is 0 Å². The zero-order chi connectivity index (χ0) is 13.2. The molecule has 0 bridgehead atoms. The van der Waals surface area contributed by atoms with Gasteiger partial charge in [-0.3, -0.25) is 4.79 Å². The third-order valence-electron chi connectivity index (χ3n) is 1.83. The molecule has 0 amide bonds. The summed E-state index contributed by atoms with van der Waals surface area (Å²) in [6.45, 7) is 0. The number of aldehydes is 1. The van der Waals surface area contributed by atoms with Gasteiger partial charge in [-0.2, -0.15) is 18.4 Å². The number of carbonyl (C=O) groups is 1. The molecule has 17 heavy (non-hydrogen) atoms. The van der Waals surface area contributed by atoms with E-state index in [4.69, 9.17) is 5.26 Å². The van der Waals surface area contributed by atoms with E-state index in [1.165, 1.54) is 6.07 Å². The van der Waals surface area contributed by atoms with Crippen LogP contribution in [0.5, 0.6) is 0 Å². The molecule has 1 aromatic rings. The number of pyridine rings is 1. The van der Waals surface area contributed by atoms with Crippen LogP contribution in [0, 0.1) is 11.3 Å². The highest BCUT2D eigenvalue weighted by Gasteiger charge is 2.36. The smallest absolute Gasteiger partial charge is 0.298 e. The minimum Gasteiger partial charge on any atom is -0.298 e. The number of halogens is 5. The van der Waals surface area contributed by atoms with Gasteiger partial charge in [0.2, 0.25) is 0 Å². The van der Waals surface area contributed by atoms with Crippen LogP contribution >= 0.6 is 0 Å². The quantitative estimate of drug-likeness (QED) is 0.599. The number of hydrogen-bond acceptors (Lipinski definition) is 3. The zero-order valence-corrected chi connectivity index (χ0v) is 7.92. The molecule has 0 unspecified atom stereocenters. The largest absolute Gasteiger partial charge is 0.417 e. The van der Waals surface area contributed by atoms with Crippen LogP contribution in [0.15, 0.2) is 6.07 Å². The SMILES string of the molecule is N#Cc1nc(C(F)F)cc(C(F)(F)F)c1C=O. The van der Waals surface area contributed by atoms with E-state index in [-0.39, 0.29) is 12.4 Å². The lowest BCUT2D eigenvalue weighted by molar-refractivity contribution is -0.138. The summed E-state index contributed by atoms with van der Waals surface area (Å²) in [5.74, 6) is 0. The summed E-state index contributed by atoms with van der Waals surface area (Å²) >= 11 is 0. The molecule has 0 spiro atoms. The molecule has 0 atom stereocenters. The number of hydrogen-bond donors (Lipinski definition) is 0. The van der Waals surface area contributed by atoms with Crippen molar-refractivity contribution in [3.8, 4) is 6.07 Å².